The molecule has 0 spiro atoms. The van der Waals surface area contributed by atoms with E-state index in [0.717, 1.165) is 6.42 Å². The van der Waals surface area contributed by atoms with Crippen LogP contribution in [0, 0.1) is 5.92 Å². The summed E-state index contributed by atoms with van der Waals surface area (Å²) >= 11 is 5.36. The fourth-order valence-corrected chi connectivity index (χ4v) is 2.35. The molecule has 1 saturated carbocycles. The third kappa shape index (κ3) is 4.32. The Balaban J connectivity index is 2.44. The van der Waals surface area contributed by atoms with Crippen molar-refractivity contribution in [1.82, 2.24) is 5.32 Å². The Morgan fingerprint density at radius 2 is 1.71 bits per heavy atom. The number of carbonyl (C=O) groups is 1. The van der Waals surface area contributed by atoms with Gasteiger partial charge in [-0.2, -0.15) is 0 Å². The summed E-state index contributed by atoms with van der Waals surface area (Å²) in [6.45, 7) is 2.21. The molecule has 0 heterocycles. The van der Waals surface area contributed by atoms with Gasteiger partial charge in [-0.1, -0.05) is 39.0 Å². The normalized spacial score (nSPS) is 29.9. The van der Waals surface area contributed by atoms with Gasteiger partial charge < -0.3 is 5.32 Å². The van der Waals surface area contributed by atoms with Crippen LogP contribution in [-0.4, -0.2) is 11.4 Å². The summed E-state index contributed by atoms with van der Waals surface area (Å²) in [6.07, 6.45) is 8.77. The van der Waals surface area contributed by atoms with E-state index < -0.39 is 5.37 Å². The molecule has 1 N–H and O–H groups in total. The van der Waals surface area contributed by atoms with E-state index in [0.29, 0.717) is 5.92 Å². The van der Waals surface area contributed by atoms with Crippen LogP contribution < -0.4 is 5.32 Å². The molecule has 2 nitrogen and oxygen atoms in total. The van der Waals surface area contributed by atoms with Gasteiger partial charge in [0.05, 0.1) is 0 Å². The molecule has 2 unspecified atom stereocenters. The number of hydrogen-bond donors (Lipinski definition) is 1. The Bertz CT molecular complexity index is 184. The van der Waals surface area contributed by atoms with E-state index in [1.54, 1.807) is 0 Å². The molecule has 1 fully saturated rings. The molecule has 0 bridgehead atoms. The maximum atomic E-state index is 10.8. The Labute approximate surface area is 91.4 Å². The van der Waals surface area contributed by atoms with Crippen LogP contribution >= 0.6 is 11.6 Å². The number of nitrogens with one attached hydrogen (secondary N) is 1. The van der Waals surface area contributed by atoms with Crippen molar-refractivity contribution in [2.45, 2.75) is 57.9 Å². The second-order valence-corrected chi connectivity index (χ2v) is 4.69. The molecule has 82 valence electrons. The van der Waals surface area contributed by atoms with E-state index >= 15 is 0 Å². The topological polar surface area (TPSA) is 29.1 Å². The highest BCUT2D eigenvalue weighted by Crippen LogP contribution is 2.22. The fraction of sp³-hybridized carbons (Fsp3) is 0.909. The molecule has 0 saturated heterocycles. The van der Waals surface area contributed by atoms with Crippen LogP contribution in [-0.2, 0) is 0 Å². The van der Waals surface area contributed by atoms with Crippen molar-refractivity contribution in [2.75, 3.05) is 0 Å². The molecule has 3 heteroatoms. The van der Waals surface area contributed by atoms with Gasteiger partial charge in [0.2, 0.25) is 0 Å². The average Bonchev–Trinajstić information content (AvgIpc) is 2.20. The van der Waals surface area contributed by atoms with Crippen LogP contribution in [0.25, 0.3) is 0 Å². The minimum absolute atomic E-state index is 0.290. The summed E-state index contributed by atoms with van der Waals surface area (Å²) in [6, 6.07) is 0.290. The summed E-state index contributed by atoms with van der Waals surface area (Å²) in [7, 11) is 0. The Hall–Kier alpha value is -0.240. The zero-order chi connectivity index (χ0) is 10.4. The van der Waals surface area contributed by atoms with Crippen molar-refractivity contribution in [3.63, 3.8) is 0 Å². The molecule has 1 aliphatic rings. The smallest absolute Gasteiger partial charge is 0.314 e. The molecule has 1 aliphatic carbocycles. The van der Waals surface area contributed by atoms with E-state index in [9.17, 15) is 4.79 Å². The first-order valence-corrected chi connectivity index (χ1v) is 6.04. The van der Waals surface area contributed by atoms with Crippen LogP contribution in [0.3, 0.4) is 0 Å². The number of amides is 1. The molecule has 2 atom stereocenters. The van der Waals surface area contributed by atoms with Crippen molar-refractivity contribution in [1.29, 1.82) is 0 Å². The van der Waals surface area contributed by atoms with Crippen molar-refractivity contribution in [3.05, 3.63) is 0 Å². The molecule has 0 aliphatic heterocycles. The maximum Gasteiger partial charge on any atom is 0.314 e. The molecule has 1 rings (SSSR count). The number of hydrogen-bond acceptors (Lipinski definition) is 1. The van der Waals surface area contributed by atoms with Crippen LogP contribution in [0.15, 0.2) is 0 Å². The lowest BCUT2D eigenvalue weighted by Gasteiger charge is -2.23. The fourth-order valence-electron chi connectivity index (χ4n) is 2.21. The van der Waals surface area contributed by atoms with Gasteiger partial charge in [0.1, 0.15) is 0 Å². The van der Waals surface area contributed by atoms with Crippen molar-refractivity contribution >= 4 is 17.0 Å². The highest BCUT2D eigenvalue weighted by atomic mass is 35.5. The summed E-state index contributed by atoms with van der Waals surface area (Å²) in [5.74, 6) is 0.566. The van der Waals surface area contributed by atoms with Crippen molar-refractivity contribution in [2.24, 2.45) is 5.92 Å². The Morgan fingerprint density at radius 3 is 2.36 bits per heavy atom. The van der Waals surface area contributed by atoms with Gasteiger partial charge in [-0.15, -0.1) is 0 Å². The lowest BCUT2D eigenvalue weighted by molar-refractivity contribution is 0.248. The largest absolute Gasteiger partial charge is 0.340 e. The standard InChI is InChI=1S/C11H20ClNO/c1-9-7-5-3-2-4-6-8-10(9)13-11(12)14/h9-10H,2-8H2,1H3,(H,13,14). The number of halogens is 1. The van der Waals surface area contributed by atoms with E-state index in [-0.39, 0.29) is 6.04 Å². The van der Waals surface area contributed by atoms with Crippen LogP contribution in [0.2, 0.25) is 0 Å². The van der Waals surface area contributed by atoms with Crippen molar-refractivity contribution < 1.29 is 4.79 Å². The number of carbonyl (C=O) groups excluding carboxylic acids is 1. The van der Waals surface area contributed by atoms with Crippen molar-refractivity contribution in [3.8, 4) is 0 Å². The lowest BCUT2D eigenvalue weighted by Crippen LogP contribution is -2.36. The molecule has 1 amide bonds. The summed E-state index contributed by atoms with van der Waals surface area (Å²) in [4.78, 5) is 10.8. The van der Waals surface area contributed by atoms with E-state index in [1.165, 1.54) is 38.5 Å². The second kappa shape index (κ2) is 6.28. The SMILES string of the molecule is CC1CCCCCCCC1NC(=O)Cl. The van der Waals surface area contributed by atoms with Gasteiger partial charge in [-0.25, -0.2) is 0 Å². The highest BCUT2D eigenvalue weighted by Gasteiger charge is 2.19. The van der Waals surface area contributed by atoms with Gasteiger partial charge in [0.15, 0.2) is 0 Å². The van der Waals surface area contributed by atoms with E-state index in [2.05, 4.69) is 12.2 Å². The molecule has 0 aromatic carbocycles. The first-order chi connectivity index (χ1) is 6.70. The molecular weight excluding hydrogens is 198 g/mol. The zero-order valence-electron chi connectivity index (χ0n) is 8.89. The molecule has 0 aromatic heterocycles. The third-order valence-corrected chi connectivity index (χ3v) is 3.27. The first kappa shape index (κ1) is 11.8. The predicted molar refractivity (Wildman–Crippen MR) is 59.7 cm³/mol. The Morgan fingerprint density at radius 1 is 1.14 bits per heavy atom. The average molecular weight is 218 g/mol. The lowest BCUT2D eigenvalue weighted by atomic mass is 9.94. The first-order valence-electron chi connectivity index (χ1n) is 5.66. The van der Waals surface area contributed by atoms with Crippen LogP contribution in [0.4, 0.5) is 4.79 Å². The molecule has 14 heavy (non-hydrogen) atoms. The minimum atomic E-state index is -0.402. The summed E-state index contributed by atoms with van der Waals surface area (Å²) in [5.41, 5.74) is 0. The molecule has 0 radical (unpaired) electrons. The van der Waals surface area contributed by atoms with Gasteiger partial charge in [-0.3, -0.25) is 4.79 Å². The minimum Gasteiger partial charge on any atom is -0.340 e. The molecular formula is C11H20ClNO. The predicted octanol–water partition coefficient (Wildman–Crippen LogP) is 3.68. The monoisotopic (exact) mass is 217 g/mol. The maximum absolute atomic E-state index is 10.8. The summed E-state index contributed by atoms with van der Waals surface area (Å²) in [5, 5.41) is 2.45. The summed E-state index contributed by atoms with van der Waals surface area (Å²) < 4.78 is 0. The zero-order valence-corrected chi connectivity index (χ0v) is 9.65. The second-order valence-electron chi connectivity index (χ2n) is 4.35. The highest BCUT2D eigenvalue weighted by molar-refractivity contribution is 6.62. The third-order valence-electron chi connectivity index (χ3n) is 3.16. The Kier molecular flexibility index (Phi) is 5.31. The van der Waals surface area contributed by atoms with Gasteiger partial charge in [-0.05, 0) is 30.4 Å². The van der Waals surface area contributed by atoms with Gasteiger partial charge >= 0.3 is 5.37 Å². The molecule has 0 aromatic rings. The quantitative estimate of drug-likeness (QED) is 0.527. The van der Waals surface area contributed by atoms with Gasteiger partial charge in [0, 0.05) is 6.04 Å². The van der Waals surface area contributed by atoms with Crippen LogP contribution in [0.1, 0.15) is 51.9 Å². The van der Waals surface area contributed by atoms with Gasteiger partial charge in [0.25, 0.3) is 0 Å². The van der Waals surface area contributed by atoms with E-state index in [4.69, 9.17) is 11.6 Å². The number of rotatable bonds is 1. The van der Waals surface area contributed by atoms with Crippen LogP contribution in [0.5, 0.6) is 0 Å². The van der Waals surface area contributed by atoms with E-state index in [1.807, 2.05) is 0 Å².